The van der Waals surface area contributed by atoms with Crippen LogP contribution in [0.3, 0.4) is 0 Å². The Morgan fingerprint density at radius 2 is 2.10 bits per heavy atom. The van der Waals surface area contributed by atoms with Gasteiger partial charge in [-0.05, 0) is 54.7 Å². The third kappa shape index (κ3) is 5.75. The van der Waals surface area contributed by atoms with Crippen molar-refractivity contribution in [2.45, 2.75) is 24.2 Å². The van der Waals surface area contributed by atoms with Gasteiger partial charge < -0.3 is 9.87 Å². The fourth-order valence-corrected chi connectivity index (χ4v) is 3.34. The van der Waals surface area contributed by atoms with Crippen molar-refractivity contribution in [2.24, 2.45) is 0 Å². The molecule has 7 nitrogen and oxygen atoms in total. The molecule has 1 unspecified atom stereocenters. The summed E-state index contributed by atoms with van der Waals surface area (Å²) in [5.74, 6) is -0.279. The second kappa shape index (κ2) is 9.99. The van der Waals surface area contributed by atoms with Gasteiger partial charge in [0.25, 0.3) is 5.56 Å². The highest BCUT2D eigenvalue weighted by molar-refractivity contribution is 7.90. The van der Waals surface area contributed by atoms with E-state index in [2.05, 4.69) is 15.3 Å². The van der Waals surface area contributed by atoms with E-state index in [1.165, 1.54) is 23.2 Å². The number of pyridine rings is 1. The van der Waals surface area contributed by atoms with Crippen molar-refractivity contribution >= 4 is 34.2 Å². The van der Waals surface area contributed by atoms with Crippen LogP contribution in [-0.2, 0) is 22.4 Å². The number of hydrogen-bond donors (Lipinski definition) is 1. The molecule has 0 fully saturated rings. The van der Waals surface area contributed by atoms with Crippen molar-refractivity contribution < 1.29 is 9.35 Å². The van der Waals surface area contributed by atoms with Crippen molar-refractivity contribution in [1.29, 1.82) is 0 Å². The van der Waals surface area contributed by atoms with Gasteiger partial charge in [-0.15, -0.1) is 0 Å². The van der Waals surface area contributed by atoms with E-state index in [1.807, 2.05) is 18.2 Å². The number of unbranched alkanes of at least 4 members (excludes halogenated alkanes) is 1. The molecule has 2 heterocycles. The van der Waals surface area contributed by atoms with Crippen LogP contribution >= 0.6 is 0 Å². The van der Waals surface area contributed by atoms with Crippen LogP contribution in [0.15, 0.2) is 64.7 Å². The summed E-state index contributed by atoms with van der Waals surface area (Å²) in [6, 6.07) is 10.8. The van der Waals surface area contributed by atoms with E-state index in [0.717, 1.165) is 25.0 Å². The molecule has 1 amide bonds. The smallest absolute Gasteiger partial charge is 0.265 e. The highest BCUT2D eigenvalue weighted by Gasteiger charge is 2.09. The Kier molecular flexibility index (Phi) is 7.15. The van der Waals surface area contributed by atoms with Gasteiger partial charge >= 0.3 is 0 Å². The van der Waals surface area contributed by atoms with Crippen LogP contribution < -0.4 is 10.9 Å². The van der Waals surface area contributed by atoms with Crippen molar-refractivity contribution in [3.05, 3.63) is 71.0 Å². The van der Waals surface area contributed by atoms with Crippen molar-refractivity contribution in [3.63, 3.8) is 0 Å². The quantitative estimate of drug-likeness (QED) is 0.348. The number of aromatic nitrogens is 3. The summed E-state index contributed by atoms with van der Waals surface area (Å²) < 4.78 is 12.9. The minimum absolute atomic E-state index is 0.279. The maximum Gasteiger partial charge on any atom is 0.265 e. The van der Waals surface area contributed by atoms with Gasteiger partial charge in [-0.3, -0.25) is 19.1 Å². The largest absolute Gasteiger partial charge is 0.612 e. The predicted molar refractivity (Wildman–Crippen MR) is 114 cm³/mol. The summed E-state index contributed by atoms with van der Waals surface area (Å²) in [6.45, 7) is 0.548. The van der Waals surface area contributed by atoms with Crippen molar-refractivity contribution in [1.82, 2.24) is 19.9 Å². The number of aryl methyl sites for hydroxylation is 1. The van der Waals surface area contributed by atoms with Crippen LogP contribution in [0.4, 0.5) is 0 Å². The molecule has 0 saturated carbocycles. The molecule has 0 saturated heterocycles. The van der Waals surface area contributed by atoms with Crippen LogP contribution in [-0.4, -0.2) is 37.8 Å². The highest BCUT2D eigenvalue weighted by atomic mass is 32.2. The second-order valence-electron chi connectivity index (χ2n) is 6.48. The summed E-state index contributed by atoms with van der Waals surface area (Å²) in [4.78, 5) is 33.6. The van der Waals surface area contributed by atoms with Gasteiger partial charge in [0.05, 0.1) is 10.9 Å². The zero-order valence-corrected chi connectivity index (χ0v) is 16.9. The van der Waals surface area contributed by atoms with Crippen LogP contribution in [0.5, 0.6) is 0 Å². The molecule has 3 aromatic rings. The number of nitrogens with zero attached hydrogens (tertiary/aromatic N) is 3. The SMILES string of the molecule is C[S+]([O-])c1ccc2ncn(/C=C/C(=O)NCCCCc3ccccn3)c(=O)c2c1. The summed E-state index contributed by atoms with van der Waals surface area (Å²) >= 11 is -1.19. The van der Waals surface area contributed by atoms with Crippen LogP contribution in [0.2, 0.25) is 0 Å². The summed E-state index contributed by atoms with van der Waals surface area (Å²) in [5, 5.41) is 3.16. The van der Waals surface area contributed by atoms with E-state index in [1.54, 1.807) is 30.7 Å². The average Bonchev–Trinajstić information content (AvgIpc) is 2.73. The Labute approximate surface area is 171 Å². The zero-order valence-electron chi connectivity index (χ0n) is 16.1. The fraction of sp³-hybridized carbons (Fsp3) is 0.238. The molecule has 0 bridgehead atoms. The Hall–Kier alpha value is -2.97. The Balaban J connectivity index is 1.54. The molecule has 29 heavy (non-hydrogen) atoms. The van der Waals surface area contributed by atoms with E-state index in [4.69, 9.17) is 0 Å². The number of carbonyl (C=O) groups excluding carboxylic acids is 1. The first kappa shape index (κ1) is 20.8. The van der Waals surface area contributed by atoms with Crippen LogP contribution in [0.1, 0.15) is 18.5 Å². The molecule has 0 aliphatic heterocycles. The molecule has 1 atom stereocenters. The van der Waals surface area contributed by atoms with E-state index in [-0.39, 0.29) is 11.5 Å². The normalized spacial score (nSPS) is 12.3. The maximum absolute atomic E-state index is 12.6. The molecular formula is C21H22N4O3S. The van der Waals surface area contributed by atoms with Gasteiger partial charge in [-0.2, -0.15) is 0 Å². The minimum atomic E-state index is -1.19. The topological polar surface area (TPSA) is 99.9 Å². The van der Waals surface area contributed by atoms with Crippen LogP contribution in [0, 0.1) is 0 Å². The first-order valence-electron chi connectivity index (χ1n) is 9.25. The number of amides is 1. The van der Waals surface area contributed by atoms with Gasteiger partial charge in [0.1, 0.15) is 12.6 Å². The molecule has 1 aromatic carbocycles. The first-order valence-corrected chi connectivity index (χ1v) is 10.8. The maximum atomic E-state index is 12.6. The van der Waals surface area contributed by atoms with E-state index in [9.17, 15) is 14.1 Å². The van der Waals surface area contributed by atoms with Crippen molar-refractivity contribution in [3.8, 4) is 0 Å². The molecule has 3 rings (SSSR count). The summed E-state index contributed by atoms with van der Waals surface area (Å²) in [6.07, 6.45) is 10.0. The van der Waals surface area contributed by atoms with E-state index < -0.39 is 11.2 Å². The molecular weight excluding hydrogens is 388 g/mol. The lowest BCUT2D eigenvalue weighted by Gasteiger charge is -2.06. The third-order valence-corrected chi connectivity index (χ3v) is 5.28. The molecule has 0 radical (unpaired) electrons. The molecule has 8 heteroatoms. The molecule has 0 aliphatic carbocycles. The molecule has 2 aromatic heterocycles. The first-order chi connectivity index (χ1) is 14.0. The lowest BCUT2D eigenvalue weighted by atomic mass is 10.2. The van der Waals surface area contributed by atoms with Gasteiger partial charge in [-0.25, -0.2) is 4.98 Å². The van der Waals surface area contributed by atoms with Crippen LogP contribution in [0.25, 0.3) is 17.1 Å². The number of carbonyl (C=O) groups is 1. The lowest BCUT2D eigenvalue weighted by Crippen LogP contribution is -2.23. The Morgan fingerprint density at radius 3 is 2.86 bits per heavy atom. The highest BCUT2D eigenvalue weighted by Crippen LogP contribution is 2.14. The van der Waals surface area contributed by atoms with Gasteiger partial charge in [0.2, 0.25) is 5.91 Å². The number of benzene rings is 1. The van der Waals surface area contributed by atoms with Gasteiger partial charge in [0, 0.05) is 36.8 Å². The third-order valence-electron chi connectivity index (χ3n) is 4.36. The summed E-state index contributed by atoms with van der Waals surface area (Å²) in [5.41, 5.74) is 1.24. The number of nitrogens with one attached hydrogen (secondary N) is 1. The van der Waals surface area contributed by atoms with E-state index in [0.29, 0.717) is 22.3 Å². The molecule has 0 spiro atoms. The number of hydrogen-bond acceptors (Lipinski definition) is 5. The Morgan fingerprint density at radius 1 is 1.24 bits per heavy atom. The second-order valence-corrected chi connectivity index (χ2v) is 7.85. The number of fused-ring (bicyclic) bond motifs is 1. The van der Waals surface area contributed by atoms with Gasteiger partial charge in [0.15, 0.2) is 4.90 Å². The number of rotatable bonds is 8. The summed E-state index contributed by atoms with van der Waals surface area (Å²) in [7, 11) is 0. The fourth-order valence-electron chi connectivity index (χ4n) is 2.80. The standard InChI is InChI=1S/C21H22N4O3S/c1-29(28)17-8-9-19-18(14-17)21(27)25(15-24-19)13-10-20(26)23-12-5-3-7-16-6-2-4-11-22-16/h2,4,6,8-11,13-15H,3,5,7,12H2,1H3,(H,23,26)/b13-10+. The van der Waals surface area contributed by atoms with Crippen molar-refractivity contribution in [2.75, 3.05) is 12.8 Å². The monoisotopic (exact) mass is 410 g/mol. The van der Waals surface area contributed by atoms with E-state index >= 15 is 0 Å². The molecule has 150 valence electrons. The lowest BCUT2D eigenvalue weighted by molar-refractivity contribution is -0.116. The average molecular weight is 410 g/mol. The zero-order chi connectivity index (χ0) is 20.6. The predicted octanol–water partition coefficient (Wildman–Crippen LogP) is 2.14. The minimum Gasteiger partial charge on any atom is -0.612 e. The Bertz CT molecular complexity index is 1060. The molecule has 0 aliphatic rings. The molecule has 1 N–H and O–H groups in total. The van der Waals surface area contributed by atoms with Gasteiger partial charge in [-0.1, -0.05) is 6.07 Å².